The molecule has 2 aromatic carbocycles. The van der Waals surface area contributed by atoms with Crippen molar-refractivity contribution in [2.45, 2.75) is 6.04 Å². The van der Waals surface area contributed by atoms with E-state index in [1.54, 1.807) is 30.3 Å². The first-order valence-electron chi connectivity index (χ1n) is 9.18. The zero-order valence-electron chi connectivity index (χ0n) is 16.3. The lowest BCUT2D eigenvalue weighted by atomic mass is 10.0. The predicted molar refractivity (Wildman–Crippen MR) is 117 cm³/mol. The fourth-order valence-corrected chi connectivity index (χ4v) is 2.72. The van der Waals surface area contributed by atoms with E-state index in [1.165, 1.54) is 48.7 Å². The van der Waals surface area contributed by atoms with Gasteiger partial charge in [0.15, 0.2) is 5.78 Å². The van der Waals surface area contributed by atoms with E-state index in [4.69, 9.17) is 11.5 Å². The summed E-state index contributed by atoms with van der Waals surface area (Å²) in [6.45, 7) is 0. The van der Waals surface area contributed by atoms with Crippen LogP contribution < -0.4 is 16.8 Å². The minimum Gasteiger partial charge on any atom is -0.384 e. The van der Waals surface area contributed by atoms with Gasteiger partial charge in [-0.05, 0) is 47.5 Å². The van der Waals surface area contributed by atoms with E-state index in [2.05, 4.69) is 10.3 Å². The van der Waals surface area contributed by atoms with Crippen molar-refractivity contribution in [1.29, 1.82) is 0 Å². The van der Waals surface area contributed by atoms with Gasteiger partial charge in [-0.2, -0.15) is 0 Å². The number of nitrogens with two attached hydrogens (primary N) is 2. The Morgan fingerprint density at radius 3 is 2.35 bits per heavy atom. The van der Waals surface area contributed by atoms with Crippen LogP contribution in [0.1, 0.15) is 27.5 Å². The van der Waals surface area contributed by atoms with Gasteiger partial charge in [-0.25, -0.2) is 4.98 Å². The van der Waals surface area contributed by atoms with Crippen molar-refractivity contribution < 1.29 is 14.5 Å². The van der Waals surface area contributed by atoms with Gasteiger partial charge in [0.1, 0.15) is 5.82 Å². The van der Waals surface area contributed by atoms with Gasteiger partial charge in [-0.3, -0.25) is 19.7 Å². The summed E-state index contributed by atoms with van der Waals surface area (Å²) in [6, 6.07) is 14.4. The average Bonchev–Trinajstić information content (AvgIpc) is 2.77. The Labute approximate surface area is 177 Å². The van der Waals surface area contributed by atoms with Crippen LogP contribution in [0.4, 0.5) is 17.2 Å². The maximum atomic E-state index is 12.4. The molecule has 5 N–H and O–H groups in total. The number of anilines is 2. The van der Waals surface area contributed by atoms with Crippen LogP contribution in [0.2, 0.25) is 0 Å². The number of ketones is 1. The zero-order chi connectivity index (χ0) is 22.4. The highest BCUT2D eigenvalue weighted by Crippen LogP contribution is 2.17. The molecule has 0 aliphatic rings. The lowest BCUT2D eigenvalue weighted by Gasteiger charge is -2.10. The standard InChI is InChI=1S/C22H19N5O4/c23-20-13-17(11-12-25-20)26-22(29)16-6-4-15(5-7-16)21(24)19(28)10-3-14-1-8-18(9-2-14)27(30)31/h1-13,21H,24H2,(H3,23,25,26,29)/b10-3+. The van der Waals surface area contributed by atoms with Crippen molar-refractivity contribution in [2.24, 2.45) is 5.73 Å². The number of carbonyl (C=O) groups is 2. The van der Waals surface area contributed by atoms with Gasteiger partial charge in [-0.15, -0.1) is 0 Å². The highest BCUT2D eigenvalue weighted by atomic mass is 16.6. The molecule has 0 aliphatic heterocycles. The largest absolute Gasteiger partial charge is 0.384 e. The number of rotatable bonds is 7. The van der Waals surface area contributed by atoms with Gasteiger partial charge in [0, 0.05) is 35.6 Å². The summed E-state index contributed by atoms with van der Waals surface area (Å²) in [6.07, 6.45) is 4.34. The van der Waals surface area contributed by atoms with Gasteiger partial charge in [0.2, 0.25) is 0 Å². The normalized spacial score (nSPS) is 11.8. The fourth-order valence-electron chi connectivity index (χ4n) is 2.72. The molecule has 1 unspecified atom stereocenters. The number of carbonyl (C=O) groups excluding carboxylic acids is 2. The summed E-state index contributed by atoms with van der Waals surface area (Å²) in [5.74, 6) is -0.391. The third kappa shape index (κ3) is 5.58. The van der Waals surface area contributed by atoms with Crippen LogP contribution in [0.15, 0.2) is 72.9 Å². The SMILES string of the molecule is Nc1cc(NC(=O)c2ccc(C(N)C(=O)/C=C/c3ccc([N+](=O)[O-])cc3)cc2)ccn1. The number of nitrogens with one attached hydrogen (secondary N) is 1. The second-order valence-electron chi connectivity index (χ2n) is 6.61. The molecule has 0 fully saturated rings. The first-order valence-corrected chi connectivity index (χ1v) is 9.18. The number of nitrogen functional groups attached to an aromatic ring is 1. The monoisotopic (exact) mass is 417 g/mol. The minimum atomic E-state index is -0.911. The molecule has 1 amide bonds. The van der Waals surface area contributed by atoms with Crippen LogP contribution in [0.3, 0.4) is 0 Å². The predicted octanol–water partition coefficient (Wildman–Crippen LogP) is 3.11. The average molecular weight is 417 g/mol. The second-order valence-corrected chi connectivity index (χ2v) is 6.61. The van der Waals surface area contributed by atoms with Crippen molar-refractivity contribution in [3.05, 3.63) is 99.7 Å². The number of amides is 1. The van der Waals surface area contributed by atoms with Gasteiger partial charge < -0.3 is 16.8 Å². The molecular formula is C22H19N5O4. The highest BCUT2D eigenvalue weighted by molar-refractivity contribution is 6.04. The van der Waals surface area contributed by atoms with Gasteiger partial charge >= 0.3 is 0 Å². The molecule has 0 saturated heterocycles. The summed E-state index contributed by atoms with van der Waals surface area (Å²) in [7, 11) is 0. The van der Waals surface area contributed by atoms with Crippen LogP contribution >= 0.6 is 0 Å². The van der Waals surface area contributed by atoms with E-state index in [9.17, 15) is 19.7 Å². The minimum absolute atomic E-state index is 0.0308. The van der Waals surface area contributed by atoms with Crippen molar-refractivity contribution in [3.63, 3.8) is 0 Å². The number of non-ortho nitro benzene ring substituents is 1. The summed E-state index contributed by atoms with van der Waals surface area (Å²) in [4.78, 5) is 38.8. The number of aromatic nitrogens is 1. The number of nitro benzene ring substituents is 1. The number of pyridine rings is 1. The van der Waals surface area contributed by atoms with Gasteiger partial charge in [0.25, 0.3) is 11.6 Å². The van der Waals surface area contributed by atoms with Crippen molar-refractivity contribution >= 4 is 35.0 Å². The lowest BCUT2D eigenvalue weighted by molar-refractivity contribution is -0.384. The Bertz CT molecular complexity index is 1140. The highest BCUT2D eigenvalue weighted by Gasteiger charge is 2.14. The maximum Gasteiger partial charge on any atom is 0.269 e. The number of hydrogen-bond donors (Lipinski definition) is 3. The zero-order valence-corrected chi connectivity index (χ0v) is 16.3. The molecule has 9 nitrogen and oxygen atoms in total. The summed E-state index contributed by atoms with van der Waals surface area (Å²) in [5.41, 5.74) is 13.7. The van der Waals surface area contributed by atoms with Crippen LogP contribution in [0, 0.1) is 10.1 Å². The number of nitrogens with zero attached hydrogens (tertiary/aromatic N) is 2. The van der Waals surface area contributed by atoms with E-state index in [0.717, 1.165) is 0 Å². The second kappa shape index (κ2) is 9.42. The van der Waals surface area contributed by atoms with Crippen LogP contribution in [0.25, 0.3) is 6.08 Å². The lowest BCUT2D eigenvalue weighted by Crippen LogP contribution is -2.20. The van der Waals surface area contributed by atoms with Crippen LogP contribution in [-0.4, -0.2) is 21.6 Å². The van der Waals surface area contributed by atoms with Crippen molar-refractivity contribution in [2.75, 3.05) is 11.1 Å². The Hall–Kier alpha value is -4.37. The third-order valence-electron chi connectivity index (χ3n) is 4.42. The molecule has 0 saturated carbocycles. The maximum absolute atomic E-state index is 12.4. The topological polar surface area (TPSA) is 154 Å². The molecule has 3 aromatic rings. The molecule has 156 valence electrons. The van der Waals surface area contributed by atoms with Crippen molar-refractivity contribution in [1.82, 2.24) is 4.98 Å². The van der Waals surface area contributed by atoms with E-state index < -0.39 is 11.0 Å². The fraction of sp³-hybridized carbons (Fsp3) is 0.0455. The molecule has 1 atom stereocenters. The molecule has 1 heterocycles. The molecule has 0 spiro atoms. The summed E-state index contributed by atoms with van der Waals surface area (Å²) in [5, 5.41) is 13.4. The first-order chi connectivity index (χ1) is 14.8. The Morgan fingerprint density at radius 2 is 1.74 bits per heavy atom. The third-order valence-corrected chi connectivity index (χ3v) is 4.42. The van der Waals surface area contributed by atoms with E-state index in [-0.39, 0.29) is 17.4 Å². The molecule has 3 rings (SSSR count). The van der Waals surface area contributed by atoms with Crippen LogP contribution in [0.5, 0.6) is 0 Å². The Morgan fingerprint density at radius 1 is 1.06 bits per heavy atom. The number of benzene rings is 2. The van der Waals surface area contributed by atoms with E-state index >= 15 is 0 Å². The van der Waals surface area contributed by atoms with Crippen molar-refractivity contribution in [3.8, 4) is 0 Å². The molecule has 31 heavy (non-hydrogen) atoms. The molecule has 0 aliphatic carbocycles. The number of hydrogen-bond acceptors (Lipinski definition) is 7. The quantitative estimate of drug-likeness (QED) is 0.303. The molecule has 9 heteroatoms. The molecule has 1 aromatic heterocycles. The summed E-state index contributed by atoms with van der Waals surface area (Å²) < 4.78 is 0. The smallest absolute Gasteiger partial charge is 0.269 e. The molecular weight excluding hydrogens is 398 g/mol. The van der Waals surface area contributed by atoms with Gasteiger partial charge in [0.05, 0.1) is 11.0 Å². The summed E-state index contributed by atoms with van der Waals surface area (Å²) >= 11 is 0. The molecule has 0 bridgehead atoms. The van der Waals surface area contributed by atoms with E-state index in [0.29, 0.717) is 28.2 Å². The number of nitro groups is 1. The Kier molecular flexibility index (Phi) is 6.48. The van der Waals surface area contributed by atoms with Gasteiger partial charge in [-0.1, -0.05) is 18.2 Å². The molecule has 0 radical (unpaired) electrons. The first kappa shape index (κ1) is 21.3. The van der Waals surface area contributed by atoms with Crippen LogP contribution in [-0.2, 0) is 4.79 Å². The Balaban J connectivity index is 1.63. The van der Waals surface area contributed by atoms with E-state index in [1.807, 2.05) is 0 Å².